The molecule has 0 aromatic carbocycles. The first-order valence-corrected chi connectivity index (χ1v) is 5.61. The van der Waals surface area contributed by atoms with Crippen LogP contribution in [-0.4, -0.2) is 11.0 Å². The molecular weight excluding hydrogens is 180 g/mol. The average Bonchev–Trinajstić information content (AvgIpc) is 2.50. The Kier molecular flexibility index (Phi) is 3.45. The van der Waals surface area contributed by atoms with Gasteiger partial charge in [0.2, 0.25) is 0 Å². The maximum Gasteiger partial charge on any atom is 0.0953 e. The fourth-order valence-corrected chi connectivity index (χ4v) is 1.98. The number of nitrogens with zero attached hydrogens (tertiary/aromatic N) is 1. The summed E-state index contributed by atoms with van der Waals surface area (Å²) >= 11 is 1.74. The Morgan fingerprint density at radius 1 is 1.31 bits per heavy atom. The average molecular weight is 198 g/mol. The van der Waals surface area contributed by atoms with E-state index in [1.165, 1.54) is 5.01 Å². The van der Waals surface area contributed by atoms with E-state index in [0.29, 0.717) is 11.8 Å². The minimum absolute atomic E-state index is 0.183. The van der Waals surface area contributed by atoms with Crippen LogP contribution in [0.15, 0.2) is 5.38 Å². The quantitative estimate of drug-likeness (QED) is 0.811. The molecule has 0 aliphatic carbocycles. The number of hydrogen-bond acceptors (Lipinski definition) is 3. The largest absolute Gasteiger partial charge is 0.327 e. The predicted molar refractivity (Wildman–Crippen MR) is 58.3 cm³/mol. The van der Waals surface area contributed by atoms with Crippen molar-refractivity contribution >= 4 is 11.3 Å². The number of aromatic nitrogens is 1. The molecule has 0 radical (unpaired) electrons. The summed E-state index contributed by atoms with van der Waals surface area (Å²) in [4.78, 5) is 4.57. The molecule has 0 saturated carbocycles. The summed E-state index contributed by atoms with van der Waals surface area (Å²) < 4.78 is 0. The van der Waals surface area contributed by atoms with Crippen molar-refractivity contribution in [1.29, 1.82) is 0 Å². The third kappa shape index (κ3) is 2.51. The smallest absolute Gasteiger partial charge is 0.0953 e. The zero-order valence-electron chi connectivity index (χ0n) is 8.74. The lowest BCUT2D eigenvalue weighted by atomic mass is 10.0. The minimum Gasteiger partial charge on any atom is -0.327 e. The third-order valence-electron chi connectivity index (χ3n) is 2.29. The van der Waals surface area contributed by atoms with Crippen molar-refractivity contribution in [3.05, 3.63) is 16.1 Å². The molecule has 1 heterocycles. The van der Waals surface area contributed by atoms with Crippen LogP contribution >= 0.6 is 11.3 Å². The second-order valence-electron chi connectivity index (χ2n) is 3.91. The predicted octanol–water partition coefficient (Wildman–Crippen LogP) is 2.72. The van der Waals surface area contributed by atoms with E-state index in [4.69, 9.17) is 5.73 Å². The third-order valence-corrected chi connectivity index (χ3v) is 3.45. The molecule has 0 saturated heterocycles. The number of hydrogen-bond donors (Lipinski definition) is 1. The van der Waals surface area contributed by atoms with Crippen molar-refractivity contribution in [2.24, 2.45) is 5.73 Å². The number of nitrogens with two attached hydrogens (primary N) is 1. The van der Waals surface area contributed by atoms with Crippen LogP contribution in [0.4, 0.5) is 0 Å². The van der Waals surface area contributed by atoms with Gasteiger partial charge in [-0.05, 0) is 6.92 Å². The molecule has 3 heteroatoms. The SMILES string of the molecule is CC(C)c1nc(C(C)C(C)N)cs1. The zero-order valence-corrected chi connectivity index (χ0v) is 9.56. The highest BCUT2D eigenvalue weighted by Gasteiger charge is 2.14. The van der Waals surface area contributed by atoms with E-state index in [9.17, 15) is 0 Å². The molecule has 0 amide bonds. The van der Waals surface area contributed by atoms with Crippen molar-refractivity contribution in [2.45, 2.75) is 45.6 Å². The Morgan fingerprint density at radius 3 is 2.31 bits per heavy atom. The van der Waals surface area contributed by atoms with Gasteiger partial charge in [-0.1, -0.05) is 20.8 Å². The molecule has 13 heavy (non-hydrogen) atoms. The monoisotopic (exact) mass is 198 g/mol. The Morgan fingerprint density at radius 2 is 1.92 bits per heavy atom. The molecular formula is C10H18N2S. The molecule has 1 rings (SSSR count). The summed E-state index contributed by atoms with van der Waals surface area (Å²) in [5.41, 5.74) is 6.96. The van der Waals surface area contributed by atoms with Gasteiger partial charge in [-0.2, -0.15) is 0 Å². The maximum atomic E-state index is 5.82. The van der Waals surface area contributed by atoms with Gasteiger partial charge in [-0.25, -0.2) is 4.98 Å². The number of thiazole rings is 1. The van der Waals surface area contributed by atoms with E-state index in [0.717, 1.165) is 5.69 Å². The second-order valence-corrected chi connectivity index (χ2v) is 4.80. The highest BCUT2D eigenvalue weighted by Crippen LogP contribution is 2.24. The fraction of sp³-hybridized carbons (Fsp3) is 0.700. The van der Waals surface area contributed by atoms with Crippen molar-refractivity contribution in [3.63, 3.8) is 0 Å². The molecule has 0 fully saturated rings. The summed E-state index contributed by atoms with van der Waals surface area (Å²) in [5.74, 6) is 0.891. The van der Waals surface area contributed by atoms with E-state index >= 15 is 0 Å². The molecule has 2 unspecified atom stereocenters. The van der Waals surface area contributed by atoms with Crippen LogP contribution in [-0.2, 0) is 0 Å². The van der Waals surface area contributed by atoms with Gasteiger partial charge in [0, 0.05) is 23.3 Å². The zero-order chi connectivity index (χ0) is 10.0. The Bertz CT molecular complexity index is 266. The van der Waals surface area contributed by atoms with E-state index < -0.39 is 0 Å². The molecule has 1 aromatic rings. The normalized spacial score (nSPS) is 16.2. The first kappa shape index (κ1) is 10.7. The van der Waals surface area contributed by atoms with Crippen LogP contribution in [0.3, 0.4) is 0 Å². The van der Waals surface area contributed by atoms with E-state index in [-0.39, 0.29) is 6.04 Å². The maximum absolute atomic E-state index is 5.82. The Hall–Kier alpha value is -0.410. The Labute approximate surface area is 84.2 Å². The molecule has 2 atom stereocenters. The van der Waals surface area contributed by atoms with E-state index in [1.54, 1.807) is 11.3 Å². The van der Waals surface area contributed by atoms with Gasteiger partial charge in [0.1, 0.15) is 0 Å². The molecule has 1 aromatic heterocycles. The molecule has 0 aliphatic rings. The van der Waals surface area contributed by atoms with Gasteiger partial charge in [0.15, 0.2) is 0 Å². The van der Waals surface area contributed by atoms with E-state index in [2.05, 4.69) is 31.1 Å². The first-order valence-electron chi connectivity index (χ1n) is 4.73. The van der Waals surface area contributed by atoms with Crippen LogP contribution in [0.1, 0.15) is 50.2 Å². The van der Waals surface area contributed by atoms with Gasteiger partial charge >= 0.3 is 0 Å². The minimum atomic E-state index is 0.183. The highest BCUT2D eigenvalue weighted by molar-refractivity contribution is 7.09. The fourth-order valence-electron chi connectivity index (χ4n) is 1.04. The lowest BCUT2D eigenvalue weighted by Gasteiger charge is -2.12. The topological polar surface area (TPSA) is 38.9 Å². The van der Waals surface area contributed by atoms with Gasteiger partial charge in [-0.15, -0.1) is 11.3 Å². The van der Waals surface area contributed by atoms with Gasteiger partial charge in [0.05, 0.1) is 10.7 Å². The molecule has 2 N–H and O–H groups in total. The van der Waals surface area contributed by atoms with Crippen molar-refractivity contribution in [2.75, 3.05) is 0 Å². The van der Waals surface area contributed by atoms with E-state index in [1.807, 2.05) is 6.92 Å². The molecule has 0 aliphatic heterocycles. The van der Waals surface area contributed by atoms with Gasteiger partial charge in [-0.3, -0.25) is 0 Å². The van der Waals surface area contributed by atoms with Crippen LogP contribution in [0.5, 0.6) is 0 Å². The summed E-state index contributed by atoms with van der Waals surface area (Å²) in [6.07, 6.45) is 0. The van der Waals surface area contributed by atoms with Crippen molar-refractivity contribution in [3.8, 4) is 0 Å². The first-order chi connectivity index (χ1) is 6.02. The second kappa shape index (κ2) is 4.20. The summed E-state index contributed by atoms with van der Waals surface area (Å²) in [5, 5.41) is 3.34. The van der Waals surface area contributed by atoms with Gasteiger partial charge in [0.25, 0.3) is 0 Å². The molecule has 2 nitrogen and oxygen atoms in total. The lowest BCUT2D eigenvalue weighted by molar-refractivity contribution is 0.598. The molecule has 0 spiro atoms. The van der Waals surface area contributed by atoms with Gasteiger partial charge < -0.3 is 5.73 Å². The van der Waals surface area contributed by atoms with Crippen LogP contribution < -0.4 is 5.73 Å². The molecule has 74 valence electrons. The lowest BCUT2D eigenvalue weighted by Crippen LogP contribution is -2.22. The summed E-state index contributed by atoms with van der Waals surface area (Å²) in [6, 6.07) is 0.183. The number of rotatable bonds is 3. The van der Waals surface area contributed by atoms with Crippen LogP contribution in [0.25, 0.3) is 0 Å². The molecule has 0 bridgehead atoms. The summed E-state index contributed by atoms with van der Waals surface area (Å²) in [7, 11) is 0. The van der Waals surface area contributed by atoms with Crippen molar-refractivity contribution < 1.29 is 0 Å². The van der Waals surface area contributed by atoms with Crippen LogP contribution in [0.2, 0.25) is 0 Å². The standard InChI is InChI=1S/C10H18N2S/c1-6(2)10-12-9(5-13-10)7(3)8(4)11/h5-8H,11H2,1-4H3. The highest BCUT2D eigenvalue weighted by atomic mass is 32.1. The van der Waals surface area contributed by atoms with Crippen molar-refractivity contribution in [1.82, 2.24) is 4.98 Å². The Balaban J connectivity index is 2.79. The van der Waals surface area contributed by atoms with Crippen LogP contribution in [0, 0.1) is 0 Å². The summed E-state index contributed by atoms with van der Waals surface area (Å²) in [6.45, 7) is 8.49.